The summed E-state index contributed by atoms with van der Waals surface area (Å²) < 4.78 is 5.17. The molecule has 1 aliphatic rings. The van der Waals surface area contributed by atoms with Crippen molar-refractivity contribution in [2.24, 2.45) is 5.73 Å². The summed E-state index contributed by atoms with van der Waals surface area (Å²) in [4.78, 5) is 14.0. The van der Waals surface area contributed by atoms with E-state index < -0.39 is 0 Å². The minimum atomic E-state index is -0.0976. The Morgan fingerprint density at radius 2 is 2.25 bits per heavy atom. The maximum absolute atomic E-state index is 12.1. The molecule has 4 nitrogen and oxygen atoms in total. The highest BCUT2D eigenvalue weighted by atomic mass is 35.5. The number of benzene rings is 1. The van der Waals surface area contributed by atoms with E-state index in [0.29, 0.717) is 23.6 Å². The second-order valence-corrected chi connectivity index (χ2v) is 5.54. The number of carbonyl (C=O) groups excluding carboxylic acids is 1. The Labute approximate surface area is 124 Å². The van der Waals surface area contributed by atoms with Crippen molar-refractivity contribution in [3.8, 4) is 5.75 Å². The Morgan fingerprint density at radius 1 is 1.50 bits per heavy atom. The number of amides is 1. The molecular formula is C15H21ClN2O2. The minimum absolute atomic E-state index is 0.0521. The van der Waals surface area contributed by atoms with E-state index in [2.05, 4.69) is 6.92 Å². The van der Waals surface area contributed by atoms with Gasteiger partial charge in [-0.1, -0.05) is 24.6 Å². The fourth-order valence-corrected chi connectivity index (χ4v) is 3.04. The lowest BCUT2D eigenvalue weighted by Crippen LogP contribution is -2.49. The predicted octanol–water partition coefficient (Wildman–Crippen LogP) is 2.75. The summed E-state index contributed by atoms with van der Waals surface area (Å²) in [6.45, 7) is 2.78. The Morgan fingerprint density at radius 3 is 2.85 bits per heavy atom. The van der Waals surface area contributed by atoms with Crippen molar-refractivity contribution in [3.63, 3.8) is 0 Å². The van der Waals surface area contributed by atoms with Gasteiger partial charge < -0.3 is 15.4 Å². The van der Waals surface area contributed by atoms with Gasteiger partial charge in [-0.05, 0) is 30.5 Å². The lowest BCUT2D eigenvalue weighted by molar-refractivity contribution is -0.137. The number of ether oxygens (including phenoxy) is 1. The first-order chi connectivity index (χ1) is 9.58. The molecule has 0 aromatic heterocycles. The van der Waals surface area contributed by atoms with Crippen LogP contribution >= 0.6 is 11.6 Å². The number of piperidine rings is 1. The molecule has 0 spiro atoms. The predicted molar refractivity (Wildman–Crippen MR) is 80.0 cm³/mol. The van der Waals surface area contributed by atoms with E-state index >= 15 is 0 Å². The molecule has 5 heteroatoms. The van der Waals surface area contributed by atoms with Crippen molar-refractivity contribution in [2.75, 3.05) is 13.7 Å². The molecule has 0 bridgehead atoms. The molecule has 0 aliphatic carbocycles. The minimum Gasteiger partial charge on any atom is -0.495 e. The molecule has 1 saturated heterocycles. The molecule has 1 fully saturated rings. The highest BCUT2D eigenvalue weighted by Crippen LogP contribution is 2.35. The topological polar surface area (TPSA) is 55.6 Å². The van der Waals surface area contributed by atoms with Gasteiger partial charge in [-0.25, -0.2) is 0 Å². The van der Waals surface area contributed by atoms with Crippen LogP contribution in [0.25, 0.3) is 0 Å². The Hall–Kier alpha value is -1.26. The van der Waals surface area contributed by atoms with Gasteiger partial charge >= 0.3 is 0 Å². The number of nitrogens with zero attached hydrogens (tertiary/aromatic N) is 1. The summed E-state index contributed by atoms with van der Waals surface area (Å²) in [5.41, 5.74) is 7.22. The zero-order valence-corrected chi connectivity index (χ0v) is 12.7. The first kappa shape index (κ1) is 15.1. The Bertz CT molecular complexity index is 493. The van der Waals surface area contributed by atoms with Crippen molar-refractivity contribution in [1.82, 2.24) is 4.90 Å². The molecule has 2 unspecified atom stereocenters. The van der Waals surface area contributed by atoms with Gasteiger partial charge in [0.25, 0.3) is 0 Å². The zero-order valence-electron chi connectivity index (χ0n) is 11.9. The standard InChI is InChI=1S/C15H21ClN2O2/c1-3-8-18-14(19)7-5-12(17)15(18)10-4-6-13(20-2)11(16)9-10/h4,6,9,12,15H,3,5,7-8,17H2,1-2H3. The number of halogens is 1. The number of methoxy groups -OCH3 is 1. The van der Waals surface area contributed by atoms with Crippen molar-refractivity contribution in [1.29, 1.82) is 0 Å². The number of nitrogens with two attached hydrogens (primary N) is 1. The second kappa shape index (κ2) is 6.46. The van der Waals surface area contributed by atoms with Gasteiger partial charge in [-0.15, -0.1) is 0 Å². The van der Waals surface area contributed by atoms with Crippen LogP contribution in [-0.2, 0) is 4.79 Å². The highest BCUT2D eigenvalue weighted by molar-refractivity contribution is 6.32. The number of carbonyl (C=O) groups is 1. The van der Waals surface area contributed by atoms with Crippen LogP contribution in [-0.4, -0.2) is 30.5 Å². The quantitative estimate of drug-likeness (QED) is 0.929. The summed E-state index contributed by atoms with van der Waals surface area (Å²) in [6.07, 6.45) is 2.16. The van der Waals surface area contributed by atoms with Gasteiger partial charge in [0.05, 0.1) is 18.2 Å². The molecular weight excluding hydrogens is 276 g/mol. The second-order valence-electron chi connectivity index (χ2n) is 5.13. The van der Waals surface area contributed by atoms with Gasteiger partial charge in [0.2, 0.25) is 5.91 Å². The van der Waals surface area contributed by atoms with E-state index in [1.54, 1.807) is 7.11 Å². The summed E-state index contributed by atoms with van der Waals surface area (Å²) >= 11 is 6.19. The van der Waals surface area contributed by atoms with Crippen molar-refractivity contribution < 1.29 is 9.53 Å². The van der Waals surface area contributed by atoms with Crippen LogP contribution in [0.5, 0.6) is 5.75 Å². The Balaban J connectivity index is 2.35. The SMILES string of the molecule is CCCN1C(=O)CCC(N)C1c1ccc(OC)c(Cl)c1. The average molecular weight is 297 g/mol. The fourth-order valence-electron chi connectivity index (χ4n) is 2.78. The number of hydrogen-bond donors (Lipinski definition) is 1. The maximum atomic E-state index is 12.1. The lowest BCUT2D eigenvalue weighted by atomic mass is 9.90. The van der Waals surface area contributed by atoms with Crippen LogP contribution in [0.15, 0.2) is 18.2 Å². The first-order valence-corrected chi connectivity index (χ1v) is 7.34. The summed E-state index contributed by atoms with van der Waals surface area (Å²) in [5, 5.41) is 0.548. The third-order valence-corrected chi connectivity index (χ3v) is 4.03. The number of hydrogen-bond acceptors (Lipinski definition) is 3. The largest absolute Gasteiger partial charge is 0.495 e. The summed E-state index contributed by atoms with van der Waals surface area (Å²) in [5.74, 6) is 0.804. The molecule has 1 amide bonds. The average Bonchev–Trinajstić information content (AvgIpc) is 2.43. The maximum Gasteiger partial charge on any atom is 0.223 e. The first-order valence-electron chi connectivity index (χ1n) is 6.97. The zero-order chi connectivity index (χ0) is 14.7. The van der Waals surface area contributed by atoms with E-state index in [1.165, 1.54) is 0 Å². The van der Waals surface area contributed by atoms with Crippen LogP contribution in [0.1, 0.15) is 37.8 Å². The van der Waals surface area contributed by atoms with Crippen molar-refractivity contribution >= 4 is 17.5 Å². The van der Waals surface area contributed by atoms with Crippen LogP contribution in [0.4, 0.5) is 0 Å². The molecule has 1 aliphatic heterocycles. The van der Waals surface area contributed by atoms with Gasteiger partial charge in [0, 0.05) is 19.0 Å². The fraction of sp³-hybridized carbons (Fsp3) is 0.533. The molecule has 1 aromatic carbocycles. The van der Waals surface area contributed by atoms with Gasteiger partial charge in [-0.2, -0.15) is 0 Å². The number of likely N-dealkylation sites (tertiary alicyclic amines) is 1. The summed E-state index contributed by atoms with van der Waals surface area (Å²) in [7, 11) is 1.58. The van der Waals surface area contributed by atoms with Crippen molar-refractivity contribution in [3.05, 3.63) is 28.8 Å². The van der Waals surface area contributed by atoms with Crippen LogP contribution in [0, 0.1) is 0 Å². The molecule has 0 radical (unpaired) electrons. The van der Waals surface area contributed by atoms with E-state index in [0.717, 1.165) is 18.5 Å². The van der Waals surface area contributed by atoms with Crippen molar-refractivity contribution in [2.45, 2.75) is 38.3 Å². The van der Waals surface area contributed by atoms with Crippen LogP contribution in [0.2, 0.25) is 5.02 Å². The highest BCUT2D eigenvalue weighted by Gasteiger charge is 2.34. The molecule has 1 heterocycles. The molecule has 2 N–H and O–H groups in total. The van der Waals surface area contributed by atoms with Gasteiger partial charge in [0.15, 0.2) is 0 Å². The normalized spacial score (nSPS) is 23.0. The smallest absolute Gasteiger partial charge is 0.223 e. The Kier molecular flexibility index (Phi) is 4.89. The molecule has 1 aromatic rings. The molecule has 20 heavy (non-hydrogen) atoms. The summed E-state index contributed by atoms with van der Waals surface area (Å²) in [6, 6.07) is 5.47. The van der Waals surface area contributed by atoms with Gasteiger partial charge in [0.1, 0.15) is 5.75 Å². The van der Waals surface area contributed by atoms with Crippen LogP contribution in [0.3, 0.4) is 0 Å². The third-order valence-electron chi connectivity index (χ3n) is 3.74. The molecule has 2 atom stereocenters. The van der Waals surface area contributed by atoms with E-state index in [9.17, 15) is 4.79 Å². The van der Waals surface area contributed by atoms with E-state index in [-0.39, 0.29) is 18.0 Å². The number of rotatable bonds is 4. The van der Waals surface area contributed by atoms with E-state index in [1.807, 2.05) is 23.1 Å². The molecule has 0 saturated carbocycles. The van der Waals surface area contributed by atoms with Crippen LogP contribution < -0.4 is 10.5 Å². The van der Waals surface area contributed by atoms with Gasteiger partial charge in [-0.3, -0.25) is 4.79 Å². The monoisotopic (exact) mass is 296 g/mol. The molecule has 2 rings (SSSR count). The van der Waals surface area contributed by atoms with E-state index in [4.69, 9.17) is 22.1 Å². The lowest BCUT2D eigenvalue weighted by Gasteiger charge is -2.40. The molecule has 110 valence electrons. The third kappa shape index (κ3) is 2.91.